The zero-order valence-corrected chi connectivity index (χ0v) is 10.3. The topological polar surface area (TPSA) is 77.6 Å². The minimum atomic E-state index is 0.130. The van der Waals surface area contributed by atoms with Crippen LogP contribution in [0.1, 0.15) is 12.5 Å². The molecule has 0 bridgehead atoms. The summed E-state index contributed by atoms with van der Waals surface area (Å²) in [6.07, 6.45) is 5.93. The number of aromatic nitrogens is 4. The molecule has 5 nitrogen and oxygen atoms in total. The van der Waals surface area contributed by atoms with Gasteiger partial charge in [0.15, 0.2) is 9.50 Å². The van der Waals surface area contributed by atoms with Crippen LogP contribution in [0.3, 0.4) is 0 Å². The molecule has 84 valence electrons. The predicted molar refractivity (Wildman–Crippen MR) is 63.4 cm³/mol. The molecule has 0 aliphatic rings. The second-order valence-corrected chi connectivity index (χ2v) is 5.36. The van der Waals surface area contributed by atoms with Gasteiger partial charge in [0.2, 0.25) is 0 Å². The molecule has 2 N–H and O–H groups in total. The van der Waals surface area contributed by atoms with Crippen LogP contribution in [0.4, 0.5) is 0 Å². The fourth-order valence-electron chi connectivity index (χ4n) is 1.16. The highest BCUT2D eigenvalue weighted by Crippen LogP contribution is 2.24. The van der Waals surface area contributed by atoms with Crippen molar-refractivity contribution in [3.05, 3.63) is 24.3 Å². The molecule has 0 amide bonds. The Bertz CT molecular complexity index is 426. The summed E-state index contributed by atoms with van der Waals surface area (Å²) in [6.45, 7) is 1.96. The van der Waals surface area contributed by atoms with E-state index in [9.17, 15) is 0 Å². The highest BCUT2D eigenvalue weighted by molar-refractivity contribution is 8.00. The van der Waals surface area contributed by atoms with Gasteiger partial charge >= 0.3 is 0 Å². The number of nitrogens with two attached hydrogens (primary N) is 1. The van der Waals surface area contributed by atoms with Gasteiger partial charge in [0.1, 0.15) is 6.33 Å². The van der Waals surface area contributed by atoms with Crippen molar-refractivity contribution in [2.24, 2.45) is 5.73 Å². The van der Waals surface area contributed by atoms with Gasteiger partial charge in [-0.1, -0.05) is 0 Å². The van der Waals surface area contributed by atoms with E-state index >= 15 is 0 Å². The van der Waals surface area contributed by atoms with Gasteiger partial charge in [0.05, 0.1) is 0 Å². The SMILES string of the molecule is CC(N)Cc1cnc(Sc2ncns2)nc1. The number of nitrogens with zero attached hydrogens (tertiary/aromatic N) is 4. The highest BCUT2D eigenvalue weighted by atomic mass is 32.2. The van der Waals surface area contributed by atoms with Crippen LogP contribution < -0.4 is 5.73 Å². The standard InChI is InChI=1S/C9H11N5S2/c1-6(10)2-7-3-11-8(12-4-7)15-9-13-5-14-16-9/h3-6H,2,10H2,1H3. The van der Waals surface area contributed by atoms with Crippen molar-refractivity contribution in [2.75, 3.05) is 0 Å². The molecule has 0 aromatic carbocycles. The largest absolute Gasteiger partial charge is 0.328 e. The van der Waals surface area contributed by atoms with E-state index in [0.29, 0.717) is 5.16 Å². The van der Waals surface area contributed by atoms with E-state index in [4.69, 9.17) is 5.73 Å². The van der Waals surface area contributed by atoms with Crippen LogP contribution in [-0.2, 0) is 6.42 Å². The first kappa shape index (κ1) is 11.4. The second-order valence-electron chi connectivity index (χ2n) is 3.36. The average molecular weight is 253 g/mol. The Hall–Kier alpha value is -1.05. The van der Waals surface area contributed by atoms with Gasteiger partial charge in [-0.3, -0.25) is 0 Å². The minimum Gasteiger partial charge on any atom is -0.328 e. The first-order valence-corrected chi connectivity index (χ1v) is 6.34. The van der Waals surface area contributed by atoms with Crippen LogP contribution in [0.2, 0.25) is 0 Å². The van der Waals surface area contributed by atoms with E-state index in [1.807, 2.05) is 6.92 Å². The summed E-state index contributed by atoms with van der Waals surface area (Å²) < 4.78 is 4.76. The van der Waals surface area contributed by atoms with Crippen molar-refractivity contribution in [2.45, 2.75) is 28.9 Å². The zero-order chi connectivity index (χ0) is 11.4. The van der Waals surface area contributed by atoms with Gasteiger partial charge in [-0.05, 0) is 42.2 Å². The fourth-order valence-corrected chi connectivity index (χ4v) is 2.41. The molecule has 0 aliphatic heterocycles. The third-order valence-electron chi connectivity index (χ3n) is 1.76. The lowest BCUT2D eigenvalue weighted by Crippen LogP contribution is -2.17. The van der Waals surface area contributed by atoms with Crippen LogP contribution in [0.15, 0.2) is 28.2 Å². The van der Waals surface area contributed by atoms with Crippen molar-refractivity contribution in [1.82, 2.24) is 19.3 Å². The molecule has 2 aromatic heterocycles. The van der Waals surface area contributed by atoms with Gasteiger partial charge in [-0.15, -0.1) is 0 Å². The van der Waals surface area contributed by atoms with E-state index in [2.05, 4.69) is 19.3 Å². The number of rotatable bonds is 4. The molecule has 0 aliphatic carbocycles. The molecule has 0 radical (unpaired) electrons. The molecule has 0 saturated carbocycles. The van der Waals surface area contributed by atoms with Gasteiger partial charge in [0.25, 0.3) is 0 Å². The van der Waals surface area contributed by atoms with E-state index in [1.165, 1.54) is 29.6 Å². The summed E-state index contributed by atoms with van der Waals surface area (Å²) in [5.74, 6) is 0. The predicted octanol–water partition coefficient (Wildman–Crippen LogP) is 1.37. The quantitative estimate of drug-likeness (QED) is 0.829. The molecule has 0 fully saturated rings. The molecule has 2 rings (SSSR count). The van der Waals surface area contributed by atoms with Gasteiger partial charge < -0.3 is 5.73 Å². The maximum Gasteiger partial charge on any atom is 0.194 e. The Morgan fingerprint density at radius 2 is 2.12 bits per heavy atom. The summed E-state index contributed by atoms with van der Waals surface area (Å²) >= 11 is 2.75. The zero-order valence-electron chi connectivity index (χ0n) is 8.70. The van der Waals surface area contributed by atoms with Crippen molar-refractivity contribution in [3.63, 3.8) is 0 Å². The Morgan fingerprint density at radius 1 is 1.38 bits per heavy atom. The number of hydrogen-bond donors (Lipinski definition) is 1. The Kier molecular flexibility index (Phi) is 3.81. The van der Waals surface area contributed by atoms with Crippen LogP contribution in [0.5, 0.6) is 0 Å². The summed E-state index contributed by atoms with van der Waals surface area (Å²) in [7, 11) is 0. The van der Waals surface area contributed by atoms with Gasteiger partial charge in [-0.2, -0.15) is 4.37 Å². The summed E-state index contributed by atoms with van der Waals surface area (Å²) in [4.78, 5) is 12.5. The maximum atomic E-state index is 5.69. The van der Waals surface area contributed by atoms with E-state index < -0.39 is 0 Å². The third-order valence-corrected chi connectivity index (χ3v) is 3.37. The normalized spacial score (nSPS) is 12.6. The smallest absolute Gasteiger partial charge is 0.194 e. The molecule has 2 aromatic rings. The summed E-state index contributed by atoms with van der Waals surface area (Å²) in [6, 6.07) is 0.130. The second kappa shape index (κ2) is 5.33. The average Bonchev–Trinajstić information content (AvgIpc) is 2.73. The Balaban J connectivity index is 2.02. The van der Waals surface area contributed by atoms with Gasteiger partial charge in [0, 0.05) is 18.4 Å². The van der Waals surface area contributed by atoms with E-state index in [1.54, 1.807) is 12.4 Å². The molecule has 1 unspecified atom stereocenters. The molecule has 7 heteroatoms. The van der Waals surface area contributed by atoms with E-state index in [-0.39, 0.29) is 6.04 Å². The van der Waals surface area contributed by atoms with Crippen LogP contribution in [-0.4, -0.2) is 25.4 Å². The molecule has 0 saturated heterocycles. The van der Waals surface area contributed by atoms with Crippen LogP contribution >= 0.6 is 23.3 Å². The molecule has 16 heavy (non-hydrogen) atoms. The van der Waals surface area contributed by atoms with Crippen molar-refractivity contribution >= 4 is 23.3 Å². The van der Waals surface area contributed by atoms with Crippen molar-refractivity contribution in [3.8, 4) is 0 Å². The Morgan fingerprint density at radius 3 is 2.69 bits per heavy atom. The van der Waals surface area contributed by atoms with Crippen molar-refractivity contribution < 1.29 is 0 Å². The molecule has 0 spiro atoms. The lowest BCUT2D eigenvalue weighted by Gasteiger charge is -2.04. The van der Waals surface area contributed by atoms with Crippen molar-refractivity contribution in [1.29, 1.82) is 0 Å². The molecular weight excluding hydrogens is 242 g/mol. The highest BCUT2D eigenvalue weighted by Gasteiger charge is 2.04. The first-order chi connectivity index (χ1) is 7.74. The third kappa shape index (κ3) is 3.22. The summed E-state index contributed by atoms with van der Waals surface area (Å²) in [5, 5.41) is 0.685. The maximum absolute atomic E-state index is 5.69. The fraction of sp³-hybridized carbons (Fsp3) is 0.333. The van der Waals surface area contributed by atoms with Crippen LogP contribution in [0, 0.1) is 0 Å². The van der Waals surface area contributed by atoms with Gasteiger partial charge in [-0.25, -0.2) is 15.0 Å². The Labute approximate surface area is 102 Å². The summed E-state index contributed by atoms with van der Waals surface area (Å²) in [5.41, 5.74) is 6.75. The monoisotopic (exact) mass is 253 g/mol. The molecular formula is C9H11N5S2. The minimum absolute atomic E-state index is 0.130. The molecule has 2 heterocycles. The lowest BCUT2D eigenvalue weighted by molar-refractivity contribution is 0.727. The number of hydrogen-bond acceptors (Lipinski definition) is 7. The first-order valence-electron chi connectivity index (χ1n) is 4.75. The van der Waals surface area contributed by atoms with E-state index in [0.717, 1.165) is 16.3 Å². The lowest BCUT2D eigenvalue weighted by atomic mass is 10.1. The molecule has 1 atom stereocenters. The van der Waals surface area contributed by atoms with Crippen LogP contribution in [0.25, 0.3) is 0 Å².